The van der Waals surface area contributed by atoms with Gasteiger partial charge in [0.1, 0.15) is 6.04 Å². The van der Waals surface area contributed by atoms with E-state index in [0.717, 1.165) is 24.9 Å². The molecule has 22 heavy (non-hydrogen) atoms. The van der Waals surface area contributed by atoms with Gasteiger partial charge in [-0.1, -0.05) is 0 Å². The van der Waals surface area contributed by atoms with Gasteiger partial charge in [0.2, 0.25) is 5.91 Å². The summed E-state index contributed by atoms with van der Waals surface area (Å²) < 4.78 is 1.68. The zero-order chi connectivity index (χ0) is 16.1. The molecule has 3 amide bonds. The Kier molecular flexibility index (Phi) is 5.41. The summed E-state index contributed by atoms with van der Waals surface area (Å²) in [6, 6.07) is -0.604. The van der Waals surface area contributed by atoms with Crippen LogP contribution in [0.3, 0.4) is 0 Å². The van der Waals surface area contributed by atoms with Crippen molar-refractivity contribution in [3.05, 3.63) is 18.0 Å². The van der Waals surface area contributed by atoms with Crippen LogP contribution in [0.2, 0.25) is 0 Å². The molecule has 7 heteroatoms. The Balaban J connectivity index is 1.78. The molecule has 0 bridgehead atoms. The van der Waals surface area contributed by atoms with Gasteiger partial charge in [-0.25, -0.2) is 4.79 Å². The second-order valence-electron chi connectivity index (χ2n) is 5.95. The fourth-order valence-electron chi connectivity index (χ4n) is 2.73. The first kappa shape index (κ1) is 16.3. The number of carbonyl (C=O) groups is 2. The highest BCUT2D eigenvalue weighted by atomic mass is 16.2. The Labute approximate surface area is 131 Å². The molecule has 0 aliphatic carbocycles. The number of hydrogen-bond acceptors (Lipinski definition) is 3. The molecule has 0 aromatic carbocycles. The van der Waals surface area contributed by atoms with Crippen LogP contribution in [-0.4, -0.2) is 45.2 Å². The maximum Gasteiger partial charge on any atom is 0.315 e. The minimum absolute atomic E-state index is 0.0104. The molecule has 0 unspecified atom stereocenters. The van der Waals surface area contributed by atoms with Crippen LogP contribution in [0, 0.1) is 0 Å². The van der Waals surface area contributed by atoms with E-state index in [2.05, 4.69) is 22.7 Å². The minimum Gasteiger partial charge on any atom is -0.338 e. The molecule has 122 valence electrons. The molecule has 2 atom stereocenters. The van der Waals surface area contributed by atoms with Crippen molar-refractivity contribution < 1.29 is 9.59 Å². The summed E-state index contributed by atoms with van der Waals surface area (Å²) in [6.45, 7) is 4.96. The van der Waals surface area contributed by atoms with Gasteiger partial charge in [-0.15, -0.1) is 0 Å². The van der Waals surface area contributed by atoms with Crippen molar-refractivity contribution in [3.8, 4) is 0 Å². The average molecular weight is 307 g/mol. The van der Waals surface area contributed by atoms with Gasteiger partial charge < -0.3 is 15.5 Å². The van der Waals surface area contributed by atoms with Crippen LogP contribution in [0.1, 0.15) is 38.7 Å². The van der Waals surface area contributed by atoms with Gasteiger partial charge in [0.05, 0.1) is 6.20 Å². The van der Waals surface area contributed by atoms with Gasteiger partial charge in [-0.05, 0) is 33.1 Å². The van der Waals surface area contributed by atoms with E-state index in [1.807, 2.05) is 18.1 Å². The summed E-state index contributed by atoms with van der Waals surface area (Å²) in [5.74, 6) is -0.0104. The Morgan fingerprint density at radius 3 is 2.86 bits per heavy atom. The van der Waals surface area contributed by atoms with E-state index in [9.17, 15) is 9.59 Å². The van der Waals surface area contributed by atoms with Crippen LogP contribution in [0.5, 0.6) is 0 Å². The minimum atomic E-state index is -0.519. The Hall–Kier alpha value is -2.05. The first-order valence-electron chi connectivity index (χ1n) is 7.79. The van der Waals surface area contributed by atoms with Gasteiger partial charge in [-0.2, -0.15) is 5.10 Å². The number of rotatable bonds is 4. The van der Waals surface area contributed by atoms with Crippen LogP contribution in [0.25, 0.3) is 0 Å². The SMILES string of the molecule is C[C@H](NC(=O)NCc1cnn(C)c1)C(=O)N1CCCC[C@@H]1C. The zero-order valence-corrected chi connectivity index (χ0v) is 13.5. The topological polar surface area (TPSA) is 79.3 Å². The van der Waals surface area contributed by atoms with Gasteiger partial charge in [-0.3, -0.25) is 9.48 Å². The van der Waals surface area contributed by atoms with E-state index in [1.54, 1.807) is 17.8 Å². The van der Waals surface area contributed by atoms with Crippen LogP contribution in [0.4, 0.5) is 4.79 Å². The highest BCUT2D eigenvalue weighted by Gasteiger charge is 2.27. The number of nitrogens with zero attached hydrogens (tertiary/aromatic N) is 3. The van der Waals surface area contributed by atoms with Gasteiger partial charge >= 0.3 is 6.03 Å². The van der Waals surface area contributed by atoms with Crippen molar-refractivity contribution >= 4 is 11.9 Å². The summed E-state index contributed by atoms with van der Waals surface area (Å²) in [5.41, 5.74) is 0.918. The summed E-state index contributed by atoms with van der Waals surface area (Å²) in [6.07, 6.45) is 6.77. The van der Waals surface area contributed by atoms with E-state index < -0.39 is 6.04 Å². The molecule has 1 fully saturated rings. The van der Waals surface area contributed by atoms with Crippen molar-refractivity contribution in [3.63, 3.8) is 0 Å². The lowest BCUT2D eigenvalue weighted by molar-refractivity contribution is -0.136. The zero-order valence-electron chi connectivity index (χ0n) is 13.5. The Bertz CT molecular complexity index is 528. The number of aryl methyl sites for hydroxylation is 1. The highest BCUT2D eigenvalue weighted by molar-refractivity contribution is 5.86. The standard InChI is InChI=1S/C15H25N5O2/c1-11-6-4-5-7-20(11)14(21)12(2)18-15(22)16-8-13-9-17-19(3)10-13/h9-12H,4-8H2,1-3H3,(H2,16,18,22)/t11-,12-/m0/s1. The van der Waals surface area contributed by atoms with Crippen molar-refractivity contribution in [1.82, 2.24) is 25.3 Å². The molecule has 2 heterocycles. The quantitative estimate of drug-likeness (QED) is 0.871. The van der Waals surface area contributed by atoms with Crippen LogP contribution >= 0.6 is 0 Å². The highest BCUT2D eigenvalue weighted by Crippen LogP contribution is 2.17. The fraction of sp³-hybridized carbons (Fsp3) is 0.667. The number of piperidine rings is 1. The molecule has 0 spiro atoms. The smallest absolute Gasteiger partial charge is 0.315 e. The van der Waals surface area contributed by atoms with Crippen LogP contribution < -0.4 is 10.6 Å². The van der Waals surface area contributed by atoms with E-state index in [-0.39, 0.29) is 18.0 Å². The number of likely N-dealkylation sites (tertiary alicyclic amines) is 1. The van der Waals surface area contributed by atoms with Crippen molar-refractivity contribution in [2.45, 2.75) is 51.7 Å². The summed E-state index contributed by atoms with van der Waals surface area (Å²) in [5, 5.41) is 9.48. The van der Waals surface area contributed by atoms with Crippen molar-refractivity contribution in [2.24, 2.45) is 7.05 Å². The monoisotopic (exact) mass is 307 g/mol. The molecule has 1 aromatic heterocycles. The van der Waals surface area contributed by atoms with E-state index in [4.69, 9.17) is 0 Å². The molecule has 0 saturated carbocycles. The summed E-state index contributed by atoms with van der Waals surface area (Å²) in [7, 11) is 1.82. The molecule has 2 rings (SSSR count). The maximum absolute atomic E-state index is 12.4. The van der Waals surface area contributed by atoms with Gasteiger partial charge in [0.25, 0.3) is 0 Å². The predicted octanol–water partition coefficient (Wildman–Crippen LogP) is 1.01. The second kappa shape index (κ2) is 7.29. The maximum atomic E-state index is 12.4. The van der Waals surface area contributed by atoms with Crippen LogP contribution in [0.15, 0.2) is 12.4 Å². The van der Waals surface area contributed by atoms with Gasteiger partial charge in [0, 0.05) is 37.9 Å². The first-order valence-corrected chi connectivity index (χ1v) is 7.79. The lowest BCUT2D eigenvalue weighted by Crippen LogP contribution is -2.53. The largest absolute Gasteiger partial charge is 0.338 e. The number of hydrogen-bond donors (Lipinski definition) is 2. The van der Waals surface area contributed by atoms with Crippen LogP contribution in [-0.2, 0) is 18.4 Å². The van der Waals surface area contributed by atoms with E-state index in [0.29, 0.717) is 6.54 Å². The molecule has 2 N–H and O–H groups in total. The molecule has 1 aliphatic rings. The van der Waals surface area contributed by atoms with E-state index >= 15 is 0 Å². The molecule has 0 radical (unpaired) electrons. The number of aromatic nitrogens is 2. The van der Waals surface area contributed by atoms with Crippen molar-refractivity contribution in [1.29, 1.82) is 0 Å². The van der Waals surface area contributed by atoms with E-state index in [1.165, 1.54) is 6.42 Å². The number of nitrogens with one attached hydrogen (secondary N) is 2. The average Bonchev–Trinajstić information content (AvgIpc) is 2.90. The van der Waals surface area contributed by atoms with Gasteiger partial charge in [0.15, 0.2) is 0 Å². The normalized spacial score (nSPS) is 19.6. The summed E-state index contributed by atoms with van der Waals surface area (Å²) in [4.78, 5) is 26.1. The third kappa shape index (κ3) is 4.22. The molecule has 7 nitrogen and oxygen atoms in total. The number of amides is 3. The predicted molar refractivity (Wildman–Crippen MR) is 83.1 cm³/mol. The molecular weight excluding hydrogens is 282 g/mol. The number of carbonyl (C=O) groups excluding carboxylic acids is 2. The molecule has 1 aliphatic heterocycles. The van der Waals surface area contributed by atoms with Crippen molar-refractivity contribution in [2.75, 3.05) is 6.54 Å². The Morgan fingerprint density at radius 2 is 2.23 bits per heavy atom. The first-order chi connectivity index (χ1) is 10.5. The third-order valence-electron chi connectivity index (χ3n) is 4.02. The third-order valence-corrected chi connectivity index (χ3v) is 4.02. The summed E-state index contributed by atoms with van der Waals surface area (Å²) >= 11 is 0. The lowest BCUT2D eigenvalue weighted by Gasteiger charge is -2.35. The fourth-order valence-corrected chi connectivity index (χ4v) is 2.73. The molecule has 1 aromatic rings. The molecule has 1 saturated heterocycles. The second-order valence-corrected chi connectivity index (χ2v) is 5.95. The Morgan fingerprint density at radius 1 is 1.45 bits per heavy atom. The lowest BCUT2D eigenvalue weighted by atomic mass is 10.0. The number of urea groups is 1. The molecular formula is C15H25N5O2.